The summed E-state index contributed by atoms with van der Waals surface area (Å²) in [5, 5.41) is 2.06. The molecule has 0 spiro atoms. The number of nitrogens with zero attached hydrogens (tertiary/aromatic N) is 6. The van der Waals surface area contributed by atoms with Crippen LogP contribution in [0, 0.1) is 0 Å². The minimum absolute atomic E-state index is 0.00188. The summed E-state index contributed by atoms with van der Waals surface area (Å²) in [6, 6.07) is 0.372. The quantitative estimate of drug-likeness (QED) is 0.792. The lowest BCUT2D eigenvalue weighted by molar-refractivity contribution is 0.532. The monoisotopic (exact) mass is 380 g/mol. The van der Waals surface area contributed by atoms with Crippen LogP contribution in [0.15, 0.2) is 0 Å². The second-order valence-electron chi connectivity index (χ2n) is 8.79. The Bertz CT molecular complexity index is 724. The van der Waals surface area contributed by atoms with E-state index in [1.807, 2.05) is 0 Å². The zero-order valence-corrected chi connectivity index (χ0v) is 17.8. The van der Waals surface area contributed by atoms with Gasteiger partial charge in [-0.15, -0.1) is 0 Å². The van der Waals surface area contributed by atoms with Gasteiger partial charge in [0.25, 0.3) is 0 Å². The van der Waals surface area contributed by atoms with Crippen LogP contribution >= 0.6 is 23.1 Å². The van der Waals surface area contributed by atoms with Crippen LogP contribution in [0.4, 0.5) is 10.3 Å². The van der Waals surface area contributed by atoms with Crippen LogP contribution in [-0.4, -0.2) is 44.4 Å². The first-order chi connectivity index (χ1) is 11.6. The molecule has 3 heterocycles. The van der Waals surface area contributed by atoms with Gasteiger partial charge in [-0.2, -0.15) is 8.75 Å². The van der Waals surface area contributed by atoms with Crippen LogP contribution in [0.2, 0.25) is 0 Å². The van der Waals surface area contributed by atoms with Crippen LogP contribution in [0.1, 0.15) is 60.1 Å². The van der Waals surface area contributed by atoms with E-state index in [1.165, 1.54) is 23.1 Å². The molecule has 25 heavy (non-hydrogen) atoms. The van der Waals surface area contributed by atoms with Gasteiger partial charge in [0.2, 0.25) is 10.3 Å². The van der Waals surface area contributed by atoms with Crippen LogP contribution in [0.25, 0.3) is 0 Å². The summed E-state index contributed by atoms with van der Waals surface area (Å²) in [6.07, 6.45) is 0. The summed E-state index contributed by atoms with van der Waals surface area (Å²) < 4.78 is 9.11. The maximum Gasteiger partial charge on any atom is 0.205 e. The Hall–Kier alpha value is -1.28. The van der Waals surface area contributed by atoms with Crippen LogP contribution in [-0.2, 0) is 10.8 Å². The lowest BCUT2D eigenvalue weighted by Gasteiger charge is -2.39. The molecule has 1 atom stereocenters. The number of aromatic nitrogens is 4. The molecule has 0 bridgehead atoms. The van der Waals surface area contributed by atoms with Crippen molar-refractivity contribution in [3.63, 3.8) is 0 Å². The van der Waals surface area contributed by atoms with Gasteiger partial charge in [0.1, 0.15) is 11.6 Å². The van der Waals surface area contributed by atoms with E-state index >= 15 is 0 Å². The summed E-state index contributed by atoms with van der Waals surface area (Å²) in [7, 11) is 0. The fourth-order valence-electron chi connectivity index (χ4n) is 2.70. The second-order valence-corrected chi connectivity index (χ2v) is 10.3. The SMILES string of the molecule is CC1CN(c2nc(C(C)(C)C)ns2)CCN1c1nc(C(C)(C)C)ns1. The lowest BCUT2D eigenvalue weighted by atomic mass is 9.96. The molecule has 1 aliphatic heterocycles. The van der Waals surface area contributed by atoms with E-state index in [-0.39, 0.29) is 10.8 Å². The van der Waals surface area contributed by atoms with Crippen molar-refractivity contribution < 1.29 is 0 Å². The molecule has 0 amide bonds. The molecule has 2 aromatic heterocycles. The molecule has 1 saturated heterocycles. The third-order valence-corrected chi connectivity index (χ3v) is 5.85. The molecule has 0 radical (unpaired) electrons. The smallest absolute Gasteiger partial charge is 0.205 e. The molecule has 8 heteroatoms. The molecular weight excluding hydrogens is 352 g/mol. The topological polar surface area (TPSA) is 58.0 Å². The van der Waals surface area contributed by atoms with Crippen LogP contribution in [0.5, 0.6) is 0 Å². The molecule has 0 saturated carbocycles. The average molecular weight is 381 g/mol. The predicted octanol–water partition coefficient (Wildman–Crippen LogP) is 3.70. The molecular formula is C17H28N6S2. The first kappa shape index (κ1) is 18.5. The Balaban J connectivity index is 1.70. The van der Waals surface area contributed by atoms with Crippen molar-refractivity contribution in [1.29, 1.82) is 0 Å². The van der Waals surface area contributed by atoms with Gasteiger partial charge in [0.15, 0.2) is 0 Å². The molecule has 1 unspecified atom stereocenters. The highest BCUT2D eigenvalue weighted by Gasteiger charge is 2.30. The molecule has 0 aliphatic carbocycles. The van der Waals surface area contributed by atoms with E-state index in [0.29, 0.717) is 6.04 Å². The van der Waals surface area contributed by atoms with Crippen molar-refractivity contribution >= 4 is 33.3 Å². The van der Waals surface area contributed by atoms with E-state index in [4.69, 9.17) is 9.97 Å². The average Bonchev–Trinajstić information content (AvgIpc) is 3.15. The van der Waals surface area contributed by atoms with Gasteiger partial charge in [-0.1, -0.05) is 41.5 Å². The maximum absolute atomic E-state index is 4.78. The minimum atomic E-state index is -0.00424. The van der Waals surface area contributed by atoms with E-state index < -0.39 is 0 Å². The Morgan fingerprint density at radius 2 is 1.36 bits per heavy atom. The van der Waals surface area contributed by atoms with E-state index in [1.54, 1.807) is 0 Å². The molecule has 0 aromatic carbocycles. The molecule has 0 N–H and O–H groups in total. The zero-order chi connectivity index (χ0) is 18.4. The molecule has 3 rings (SSSR count). The van der Waals surface area contributed by atoms with Gasteiger partial charge < -0.3 is 9.80 Å². The molecule has 2 aromatic rings. The van der Waals surface area contributed by atoms with Crippen molar-refractivity contribution in [3.8, 4) is 0 Å². The van der Waals surface area contributed by atoms with Gasteiger partial charge in [0, 0.05) is 59.6 Å². The van der Waals surface area contributed by atoms with Gasteiger partial charge in [-0.3, -0.25) is 0 Å². The van der Waals surface area contributed by atoms with Gasteiger partial charge in [-0.25, -0.2) is 9.97 Å². The Kier molecular flexibility index (Phi) is 4.79. The molecule has 1 aliphatic rings. The molecule has 6 nitrogen and oxygen atoms in total. The number of piperazine rings is 1. The minimum Gasteiger partial charge on any atom is -0.343 e. The standard InChI is InChI=1S/C17H28N6S2/c1-11-10-22(14-18-12(20-24-14)16(2,3)4)8-9-23(11)15-19-13(21-25-15)17(5,6)7/h11H,8-10H2,1-7H3. The van der Waals surface area contributed by atoms with Crippen molar-refractivity contribution in [2.24, 2.45) is 0 Å². The van der Waals surface area contributed by atoms with Crippen LogP contribution in [0.3, 0.4) is 0 Å². The number of hydrogen-bond donors (Lipinski definition) is 0. The number of anilines is 2. The predicted molar refractivity (Wildman–Crippen MR) is 106 cm³/mol. The summed E-state index contributed by atoms with van der Waals surface area (Å²) in [5.74, 6) is 1.86. The third-order valence-electron chi connectivity index (χ3n) is 4.32. The highest BCUT2D eigenvalue weighted by Crippen LogP contribution is 2.30. The Morgan fingerprint density at radius 3 is 1.84 bits per heavy atom. The Labute approximate surface area is 158 Å². The van der Waals surface area contributed by atoms with Gasteiger partial charge >= 0.3 is 0 Å². The molecule has 138 valence electrons. The largest absolute Gasteiger partial charge is 0.343 e. The summed E-state index contributed by atoms with van der Waals surface area (Å²) in [6.45, 7) is 18.0. The third kappa shape index (κ3) is 3.95. The van der Waals surface area contributed by atoms with E-state index in [9.17, 15) is 0 Å². The molecule has 1 fully saturated rings. The lowest BCUT2D eigenvalue weighted by Crippen LogP contribution is -2.52. The van der Waals surface area contributed by atoms with E-state index in [2.05, 4.69) is 67.0 Å². The highest BCUT2D eigenvalue weighted by molar-refractivity contribution is 7.10. The van der Waals surface area contributed by atoms with Crippen molar-refractivity contribution in [1.82, 2.24) is 18.7 Å². The Morgan fingerprint density at radius 1 is 0.840 bits per heavy atom. The van der Waals surface area contributed by atoms with Crippen molar-refractivity contribution in [3.05, 3.63) is 11.6 Å². The zero-order valence-electron chi connectivity index (χ0n) is 16.2. The number of rotatable bonds is 2. The van der Waals surface area contributed by atoms with Crippen molar-refractivity contribution in [2.45, 2.75) is 65.3 Å². The van der Waals surface area contributed by atoms with Crippen molar-refractivity contribution in [2.75, 3.05) is 29.4 Å². The summed E-state index contributed by atoms with van der Waals surface area (Å²) in [4.78, 5) is 14.3. The summed E-state index contributed by atoms with van der Waals surface area (Å²) >= 11 is 3.02. The van der Waals surface area contributed by atoms with E-state index in [0.717, 1.165) is 41.5 Å². The first-order valence-electron chi connectivity index (χ1n) is 8.75. The van der Waals surface area contributed by atoms with Crippen LogP contribution < -0.4 is 9.80 Å². The highest BCUT2D eigenvalue weighted by atomic mass is 32.1. The van der Waals surface area contributed by atoms with Gasteiger partial charge in [0.05, 0.1) is 0 Å². The maximum atomic E-state index is 4.78. The fourth-order valence-corrected chi connectivity index (χ4v) is 4.58. The normalized spacial score (nSPS) is 19.6. The first-order valence-corrected chi connectivity index (χ1v) is 10.3. The summed E-state index contributed by atoms with van der Waals surface area (Å²) in [5.41, 5.74) is -0.00612. The van der Waals surface area contributed by atoms with Gasteiger partial charge in [-0.05, 0) is 6.92 Å². The fraction of sp³-hybridized carbons (Fsp3) is 0.765. The second kappa shape index (κ2) is 6.46. The number of hydrogen-bond acceptors (Lipinski definition) is 8.